The number of likely N-dealkylation sites (tertiary alicyclic amines) is 1. The molecular weight excluding hydrogens is 258 g/mol. The van der Waals surface area contributed by atoms with E-state index in [2.05, 4.69) is 15.1 Å². The number of carbonyl (C=O) groups is 1. The molecule has 6 nitrogen and oxygen atoms in total. The first-order chi connectivity index (χ1) is 9.60. The molecule has 0 N–H and O–H groups in total. The van der Waals surface area contributed by atoms with E-state index in [1.54, 1.807) is 0 Å². The van der Waals surface area contributed by atoms with Crippen LogP contribution in [0.25, 0.3) is 0 Å². The second-order valence-electron chi connectivity index (χ2n) is 5.49. The molecule has 1 saturated heterocycles. The lowest BCUT2D eigenvalue weighted by molar-refractivity contribution is -0.144. The van der Waals surface area contributed by atoms with Crippen molar-refractivity contribution in [3.8, 4) is 0 Å². The molecule has 2 heterocycles. The van der Waals surface area contributed by atoms with Crippen LogP contribution in [0, 0.1) is 0 Å². The second-order valence-corrected chi connectivity index (χ2v) is 5.49. The van der Waals surface area contributed by atoms with Gasteiger partial charge in [0.1, 0.15) is 0 Å². The number of hydrogen-bond donors (Lipinski definition) is 0. The molecule has 0 radical (unpaired) electrons. The Labute approximate surface area is 119 Å². The molecule has 1 fully saturated rings. The van der Waals surface area contributed by atoms with Gasteiger partial charge in [0.2, 0.25) is 11.8 Å². The monoisotopic (exact) mass is 281 g/mol. The SMILES string of the molecule is CCOC(=O)CN1CCC(c2nnc(C(C)C)o2)CC1. The van der Waals surface area contributed by atoms with E-state index in [0.717, 1.165) is 31.8 Å². The number of esters is 1. The summed E-state index contributed by atoms with van der Waals surface area (Å²) in [4.78, 5) is 13.6. The minimum Gasteiger partial charge on any atom is -0.465 e. The van der Waals surface area contributed by atoms with Crippen molar-refractivity contribution in [1.29, 1.82) is 0 Å². The summed E-state index contributed by atoms with van der Waals surface area (Å²) < 4.78 is 10.7. The molecule has 1 aromatic heterocycles. The van der Waals surface area contributed by atoms with Crippen molar-refractivity contribution in [2.24, 2.45) is 0 Å². The highest BCUT2D eigenvalue weighted by atomic mass is 16.5. The molecule has 6 heteroatoms. The lowest BCUT2D eigenvalue weighted by atomic mass is 9.97. The van der Waals surface area contributed by atoms with Gasteiger partial charge in [-0.3, -0.25) is 9.69 Å². The summed E-state index contributed by atoms with van der Waals surface area (Å²) in [5.41, 5.74) is 0. The van der Waals surface area contributed by atoms with E-state index < -0.39 is 0 Å². The van der Waals surface area contributed by atoms with E-state index in [1.165, 1.54) is 0 Å². The van der Waals surface area contributed by atoms with Crippen LogP contribution in [-0.4, -0.2) is 47.3 Å². The second kappa shape index (κ2) is 6.83. The zero-order valence-corrected chi connectivity index (χ0v) is 12.5. The molecule has 1 aliphatic heterocycles. The van der Waals surface area contributed by atoms with Gasteiger partial charge in [-0.25, -0.2) is 0 Å². The zero-order chi connectivity index (χ0) is 14.5. The van der Waals surface area contributed by atoms with Crippen molar-refractivity contribution in [3.05, 3.63) is 11.8 Å². The largest absolute Gasteiger partial charge is 0.465 e. The Morgan fingerprint density at radius 2 is 2.10 bits per heavy atom. The molecule has 0 bridgehead atoms. The number of rotatable bonds is 5. The Hall–Kier alpha value is -1.43. The van der Waals surface area contributed by atoms with Gasteiger partial charge in [-0.1, -0.05) is 13.8 Å². The van der Waals surface area contributed by atoms with Crippen molar-refractivity contribution >= 4 is 5.97 Å². The number of nitrogens with zero attached hydrogens (tertiary/aromatic N) is 3. The van der Waals surface area contributed by atoms with Gasteiger partial charge in [0.15, 0.2) is 0 Å². The maximum atomic E-state index is 11.4. The molecule has 0 amide bonds. The van der Waals surface area contributed by atoms with Crippen LogP contribution >= 0.6 is 0 Å². The summed E-state index contributed by atoms with van der Waals surface area (Å²) in [6.07, 6.45) is 1.89. The van der Waals surface area contributed by atoms with Gasteiger partial charge in [-0.05, 0) is 32.9 Å². The summed E-state index contributed by atoms with van der Waals surface area (Å²) in [5, 5.41) is 8.23. The van der Waals surface area contributed by atoms with Crippen LogP contribution in [0.5, 0.6) is 0 Å². The normalized spacial score (nSPS) is 17.6. The predicted molar refractivity (Wildman–Crippen MR) is 73.4 cm³/mol. The first kappa shape index (κ1) is 15.0. The molecule has 0 unspecified atom stereocenters. The van der Waals surface area contributed by atoms with Gasteiger partial charge >= 0.3 is 5.97 Å². The van der Waals surface area contributed by atoms with Gasteiger partial charge in [-0.2, -0.15) is 0 Å². The van der Waals surface area contributed by atoms with E-state index in [1.807, 2.05) is 20.8 Å². The predicted octanol–water partition coefficient (Wildman–Crippen LogP) is 1.94. The lowest BCUT2D eigenvalue weighted by Gasteiger charge is -2.29. The van der Waals surface area contributed by atoms with Crippen molar-refractivity contribution in [2.45, 2.75) is 45.4 Å². The standard InChI is InChI=1S/C14H23N3O3/c1-4-19-12(18)9-17-7-5-11(6-8-17)14-16-15-13(20-14)10(2)3/h10-11H,4-9H2,1-3H3. The van der Waals surface area contributed by atoms with Crippen LogP contribution in [-0.2, 0) is 9.53 Å². The summed E-state index contributed by atoms with van der Waals surface area (Å²) in [5.74, 6) is 1.87. The van der Waals surface area contributed by atoms with Gasteiger partial charge < -0.3 is 9.15 Å². The summed E-state index contributed by atoms with van der Waals surface area (Å²) in [7, 11) is 0. The van der Waals surface area contributed by atoms with E-state index in [0.29, 0.717) is 25.0 Å². The molecule has 0 aromatic carbocycles. The van der Waals surface area contributed by atoms with Gasteiger partial charge in [0.05, 0.1) is 13.2 Å². The Bertz CT molecular complexity index is 437. The van der Waals surface area contributed by atoms with E-state index in [-0.39, 0.29) is 11.9 Å². The Balaban J connectivity index is 1.82. The van der Waals surface area contributed by atoms with Crippen molar-refractivity contribution < 1.29 is 13.9 Å². The number of piperidine rings is 1. The fourth-order valence-electron chi connectivity index (χ4n) is 2.37. The van der Waals surface area contributed by atoms with Crippen molar-refractivity contribution in [1.82, 2.24) is 15.1 Å². The van der Waals surface area contributed by atoms with Crippen LogP contribution < -0.4 is 0 Å². The third kappa shape index (κ3) is 3.79. The summed E-state index contributed by atoms with van der Waals surface area (Å²) in [6, 6.07) is 0. The zero-order valence-electron chi connectivity index (χ0n) is 12.5. The molecule has 2 rings (SSSR count). The highest BCUT2D eigenvalue weighted by Gasteiger charge is 2.26. The van der Waals surface area contributed by atoms with Crippen molar-refractivity contribution in [2.75, 3.05) is 26.2 Å². The highest BCUT2D eigenvalue weighted by Crippen LogP contribution is 2.28. The first-order valence-corrected chi connectivity index (χ1v) is 7.31. The van der Waals surface area contributed by atoms with Crippen molar-refractivity contribution in [3.63, 3.8) is 0 Å². The summed E-state index contributed by atoms with van der Waals surface area (Å²) in [6.45, 7) is 8.45. The molecule has 0 atom stereocenters. The molecule has 1 aliphatic rings. The Morgan fingerprint density at radius 1 is 1.40 bits per heavy atom. The van der Waals surface area contributed by atoms with Crippen LogP contribution in [0.4, 0.5) is 0 Å². The maximum absolute atomic E-state index is 11.4. The topological polar surface area (TPSA) is 68.5 Å². The molecule has 0 saturated carbocycles. The van der Waals surface area contributed by atoms with E-state index in [4.69, 9.17) is 9.15 Å². The quantitative estimate of drug-likeness (QED) is 0.768. The Kier molecular flexibility index (Phi) is 5.11. The molecular formula is C14H23N3O3. The Morgan fingerprint density at radius 3 is 2.65 bits per heavy atom. The first-order valence-electron chi connectivity index (χ1n) is 7.31. The smallest absolute Gasteiger partial charge is 0.320 e. The fourth-order valence-corrected chi connectivity index (χ4v) is 2.37. The number of aromatic nitrogens is 2. The van der Waals surface area contributed by atoms with E-state index >= 15 is 0 Å². The molecule has 0 aliphatic carbocycles. The molecule has 20 heavy (non-hydrogen) atoms. The number of hydrogen-bond acceptors (Lipinski definition) is 6. The molecule has 112 valence electrons. The molecule has 1 aromatic rings. The summed E-state index contributed by atoms with van der Waals surface area (Å²) >= 11 is 0. The average Bonchev–Trinajstić information content (AvgIpc) is 2.89. The number of ether oxygens (including phenoxy) is 1. The minimum atomic E-state index is -0.147. The lowest BCUT2D eigenvalue weighted by Crippen LogP contribution is -2.37. The fraction of sp³-hybridized carbons (Fsp3) is 0.786. The molecule has 0 spiro atoms. The van der Waals surface area contributed by atoms with Gasteiger partial charge in [0.25, 0.3) is 0 Å². The van der Waals surface area contributed by atoms with Crippen LogP contribution in [0.1, 0.15) is 57.2 Å². The van der Waals surface area contributed by atoms with Gasteiger partial charge in [0, 0.05) is 11.8 Å². The highest BCUT2D eigenvalue weighted by molar-refractivity contribution is 5.71. The van der Waals surface area contributed by atoms with E-state index in [9.17, 15) is 4.79 Å². The van der Waals surface area contributed by atoms with Crippen LogP contribution in [0.15, 0.2) is 4.42 Å². The number of carbonyl (C=O) groups excluding carboxylic acids is 1. The van der Waals surface area contributed by atoms with Crippen LogP contribution in [0.3, 0.4) is 0 Å². The minimum absolute atomic E-state index is 0.147. The average molecular weight is 281 g/mol. The third-order valence-electron chi connectivity index (χ3n) is 3.55. The van der Waals surface area contributed by atoms with Gasteiger partial charge in [-0.15, -0.1) is 10.2 Å². The third-order valence-corrected chi connectivity index (χ3v) is 3.55. The van der Waals surface area contributed by atoms with Crippen LogP contribution in [0.2, 0.25) is 0 Å². The maximum Gasteiger partial charge on any atom is 0.320 e.